The fraction of sp³-hybridized carbons (Fsp3) is 0.571. The largest absolute Gasteiger partial charge is 0.396 e. The van der Waals surface area contributed by atoms with Crippen molar-refractivity contribution >= 4 is 0 Å². The lowest BCUT2D eigenvalue weighted by Gasteiger charge is -2.08. The van der Waals surface area contributed by atoms with Crippen LogP contribution in [0, 0.1) is 13.8 Å². The van der Waals surface area contributed by atoms with E-state index in [1.165, 1.54) is 16.7 Å². The Bertz CT molecular complexity index is 310. The second-order valence-electron chi connectivity index (χ2n) is 4.36. The van der Waals surface area contributed by atoms with Crippen LogP contribution in [-0.4, -0.2) is 24.8 Å². The summed E-state index contributed by atoms with van der Waals surface area (Å²) in [6.07, 6.45) is 3.05. The quantitative estimate of drug-likeness (QED) is 0.692. The summed E-state index contributed by atoms with van der Waals surface area (Å²) in [6.45, 7) is 6.64. The summed E-state index contributed by atoms with van der Waals surface area (Å²) >= 11 is 0. The molecule has 0 aliphatic heterocycles. The van der Waals surface area contributed by atoms with Crippen LogP contribution in [0.25, 0.3) is 0 Å². The molecule has 2 N–H and O–H groups in total. The van der Waals surface area contributed by atoms with Gasteiger partial charge in [0.25, 0.3) is 0 Å². The number of aliphatic hydroxyl groups excluding tert-OH is 1. The molecular weight excluding hydrogens is 198 g/mol. The highest BCUT2D eigenvalue weighted by molar-refractivity contribution is 5.30. The van der Waals surface area contributed by atoms with Gasteiger partial charge in [0.05, 0.1) is 0 Å². The maximum absolute atomic E-state index is 8.64. The van der Waals surface area contributed by atoms with Gasteiger partial charge in [0, 0.05) is 6.61 Å². The molecule has 0 fully saturated rings. The second kappa shape index (κ2) is 7.42. The Morgan fingerprint density at radius 1 is 1.12 bits per heavy atom. The first-order valence-corrected chi connectivity index (χ1v) is 6.11. The Balaban J connectivity index is 2.21. The van der Waals surface area contributed by atoms with E-state index in [1.54, 1.807) is 0 Å². The molecule has 0 saturated heterocycles. The number of aliphatic hydroxyl groups is 1. The highest BCUT2D eigenvalue weighted by atomic mass is 16.2. The van der Waals surface area contributed by atoms with Crippen LogP contribution in [0.2, 0.25) is 0 Å². The zero-order valence-electron chi connectivity index (χ0n) is 10.4. The van der Waals surface area contributed by atoms with Crippen molar-refractivity contribution in [1.82, 2.24) is 5.32 Å². The highest BCUT2D eigenvalue weighted by Crippen LogP contribution is 2.10. The highest BCUT2D eigenvalue weighted by Gasteiger charge is 1.97. The van der Waals surface area contributed by atoms with E-state index in [1.807, 2.05) is 0 Å². The average Bonchev–Trinajstić information content (AvgIpc) is 2.26. The van der Waals surface area contributed by atoms with Gasteiger partial charge in [-0.05, 0) is 57.3 Å². The molecule has 0 aromatic heterocycles. The van der Waals surface area contributed by atoms with Crippen molar-refractivity contribution in [2.75, 3.05) is 19.7 Å². The normalized spacial score (nSPS) is 10.7. The molecule has 1 rings (SSSR count). The number of aryl methyl sites for hydroxylation is 2. The Hall–Kier alpha value is -0.860. The van der Waals surface area contributed by atoms with E-state index >= 15 is 0 Å². The minimum atomic E-state index is 0.304. The summed E-state index contributed by atoms with van der Waals surface area (Å²) in [6, 6.07) is 6.63. The molecule has 90 valence electrons. The smallest absolute Gasteiger partial charge is 0.0431 e. The third kappa shape index (κ3) is 4.77. The summed E-state index contributed by atoms with van der Waals surface area (Å²) in [4.78, 5) is 0. The second-order valence-corrected chi connectivity index (χ2v) is 4.36. The van der Waals surface area contributed by atoms with Crippen molar-refractivity contribution in [3.63, 3.8) is 0 Å². The van der Waals surface area contributed by atoms with E-state index < -0.39 is 0 Å². The van der Waals surface area contributed by atoms with Crippen molar-refractivity contribution < 1.29 is 5.11 Å². The van der Waals surface area contributed by atoms with E-state index in [0.29, 0.717) is 6.61 Å². The molecule has 0 radical (unpaired) electrons. The lowest BCUT2D eigenvalue weighted by Crippen LogP contribution is -2.19. The minimum Gasteiger partial charge on any atom is -0.396 e. The number of hydrogen-bond acceptors (Lipinski definition) is 2. The molecule has 0 amide bonds. The third-order valence-electron chi connectivity index (χ3n) is 2.83. The molecule has 0 aliphatic carbocycles. The Morgan fingerprint density at radius 3 is 2.62 bits per heavy atom. The number of benzene rings is 1. The van der Waals surface area contributed by atoms with Crippen molar-refractivity contribution in [3.8, 4) is 0 Å². The van der Waals surface area contributed by atoms with Crippen LogP contribution in [-0.2, 0) is 6.42 Å². The van der Waals surface area contributed by atoms with Gasteiger partial charge in [0.15, 0.2) is 0 Å². The van der Waals surface area contributed by atoms with E-state index in [9.17, 15) is 0 Å². The number of nitrogens with one attached hydrogen (secondary N) is 1. The van der Waals surface area contributed by atoms with Gasteiger partial charge in [-0.15, -0.1) is 0 Å². The molecule has 1 aromatic carbocycles. The molecule has 0 aliphatic rings. The van der Waals surface area contributed by atoms with Crippen molar-refractivity contribution in [2.45, 2.75) is 33.1 Å². The number of rotatable bonds is 7. The fourth-order valence-electron chi connectivity index (χ4n) is 1.84. The van der Waals surface area contributed by atoms with Gasteiger partial charge in [-0.3, -0.25) is 0 Å². The molecule has 0 spiro atoms. The van der Waals surface area contributed by atoms with Crippen LogP contribution in [0.3, 0.4) is 0 Å². The lowest BCUT2D eigenvalue weighted by atomic mass is 10.0. The number of hydrogen-bond donors (Lipinski definition) is 2. The Morgan fingerprint density at radius 2 is 1.94 bits per heavy atom. The predicted molar refractivity (Wildman–Crippen MR) is 68.8 cm³/mol. The summed E-state index contributed by atoms with van der Waals surface area (Å²) < 4.78 is 0. The molecule has 0 heterocycles. The molecule has 2 heteroatoms. The summed E-state index contributed by atoms with van der Waals surface area (Å²) in [5.41, 5.74) is 4.15. The monoisotopic (exact) mass is 221 g/mol. The van der Waals surface area contributed by atoms with Gasteiger partial charge in [-0.1, -0.05) is 23.8 Å². The molecule has 16 heavy (non-hydrogen) atoms. The maximum atomic E-state index is 8.64. The minimum absolute atomic E-state index is 0.304. The topological polar surface area (TPSA) is 32.3 Å². The zero-order chi connectivity index (χ0) is 11.8. The molecule has 0 saturated carbocycles. The summed E-state index contributed by atoms with van der Waals surface area (Å²) in [5.74, 6) is 0. The predicted octanol–water partition coefficient (Wildman–Crippen LogP) is 2.21. The van der Waals surface area contributed by atoms with Crippen LogP contribution in [0.15, 0.2) is 18.2 Å². The third-order valence-corrected chi connectivity index (χ3v) is 2.83. The summed E-state index contributed by atoms with van der Waals surface area (Å²) in [7, 11) is 0. The Kier molecular flexibility index (Phi) is 6.12. The first-order chi connectivity index (χ1) is 7.74. The first kappa shape index (κ1) is 13.2. The van der Waals surface area contributed by atoms with Crippen LogP contribution in [0.4, 0.5) is 0 Å². The van der Waals surface area contributed by atoms with E-state index in [4.69, 9.17) is 5.11 Å². The van der Waals surface area contributed by atoms with Crippen LogP contribution in [0.1, 0.15) is 29.5 Å². The van der Waals surface area contributed by atoms with Gasteiger partial charge in [-0.2, -0.15) is 0 Å². The zero-order valence-corrected chi connectivity index (χ0v) is 10.4. The van der Waals surface area contributed by atoms with E-state index in [0.717, 1.165) is 32.4 Å². The molecule has 0 bridgehead atoms. The Labute approximate surface area is 98.7 Å². The van der Waals surface area contributed by atoms with Crippen LogP contribution >= 0.6 is 0 Å². The van der Waals surface area contributed by atoms with Crippen LogP contribution < -0.4 is 5.32 Å². The van der Waals surface area contributed by atoms with Gasteiger partial charge in [-0.25, -0.2) is 0 Å². The SMILES string of the molecule is Cc1ccc(CCNCCCCO)c(C)c1. The van der Waals surface area contributed by atoms with E-state index in [-0.39, 0.29) is 0 Å². The molecule has 0 atom stereocenters. The van der Waals surface area contributed by atoms with E-state index in [2.05, 4.69) is 37.4 Å². The maximum Gasteiger partial charge on any atom is 0.0431 e. The molecule has 1 aromatic rings. The van der Waals surface area contributed by atoms with Gasteiger partial charge >= 0.3 is 0 Å². The average molecular weight is 221 g/mol. The van der Waals surface area contributed by atoms with Gasteiger partial charge in [0.1, 0.15) is 0 Å². The molecule has 0 unspecified atom stereocenters. The fourth-order valence-corrected chi connectivity index (χ4v) is 1.84. The van der Waals surface area contributed by atoms with Crippen molar-refractivity contribution in [3.05, 3.63) is 34.9 Å². The standard InChI is InChI=1S/C14H23NO/c1-12-5-6-14(13(2)11-12)7-9-15-8-3-4-10-16/h5-6,11,15-16H,3-4,7-10H2,1-2H3. The van der Waals surface area contributed by atoms with Gasteiger partial charge in [0.2, 0.25) is 0 Å². The lowest BCUT2D eigenvalue weighted by molar-refractivity contribution is 0.284. The molecular formula is C14H23NO. The van der Waals surface area contributed by atoms with Gasteiger partial charge < -0.3 is 10.4 Å². The number of unbranched alkanes of at least 4 members (excludes halogenated alkanes) is 1. The molecule has 2 nitrogen and oxygen atoms in total. The summed E-state index contributed by atoms with van der Waals surface area (Å²) in [5, 5.41) is 12.0. The van der Waals surface area contributed by atoms with Crippen molar-refractivity contribution in [2.24, 2.45) is 0 Å². The van der Waals surface area contributed by atoms with Crippen molar-refractivity contribution in [1.29, 1.82) is 0 Å². The first-order valence-electron chi connectivity index (χ1n) is 6.11. The van der Waals surface area contributed by atoms with Crippen LogP contribution in [0.5, 0.6) is 0 Å².